The summed E-state index contributed by atoms with van der Waals surface area (Å²) in [6, 6.07) is -0.0337. The molecule has 0 radical (unpaired) electrons. The maximum absolute atomic E-state index is 12.3. The highest BCUT2D eigenvalue weighted by Gasteiger charge is 2.36. The second-order valence-electron chi connectivity index (χ2n) is 5.35. The number of piperidine rings is 1. The molecule has 1 amide bonds. The summed E-state index contributed by atoms with van der Waals surface area (Å²) in [5.41, 5.74) is 5.86. The predicted octanol–water partition coefficient (Wildman–Crippen LogP) is 1.14. The molecule has 98 valence electrons. The highest BCUT2D eigenvalue weighted by atomic mass is 16.5. The van der Waals surface area contributed by atoms with Crippen LogP contribution in [0.2, 0.25) is 0 Å². The lowest BCUT2D eigenvalue weighted by atomic mass is 9.78. The third kappa shape index (κ3) is 2.80. The Kier molecular flexibility index (Phi) is 4.40. The normalized spacial score (nSPS) is 30.8. The van der Waals surface area contributed by atoms with Crippen LogP contribution in [-0.2, 0) is 9.53 Å². The molecule has 4 nitrogen and oxygen atoms in total. The van der Waals surface area contributed by atoms with Gasteiger partial charge in [-0.05, 0) is 31.6 Å². The smallest absolute Gasteiger partial charge is 0.242 e. The first-order valence-electron chi connectivity index (χ1n) is 6.79. The van der Waals surface area contributed by atoms with Crippen LogP contribution in [0.5, 0.6) is 0 Å². The van der Waals surface area contributed by atoms with Crippen LogP contribution in [-0.4, -0.2) is 43.2 Å². The van der Waals surface area contributed by atoms with Crippen molar-refractivity contribution >= 4 is 5.91 Å². The Bertz CT molecular complexity index is 268. The van der Waals surface area contributed by atoms with Crippen LogP contribution in [0.15, 0.2) is 0 Å². The van der Waals surface area contributed by atoms with Gasteiger partial charge in [0.2, 0.25) is 5.91 Å². The molecule has 0 spiro atoms. The van der Waals surface area contributed by atoms with Crippen LogP contribution >= 0.6 is 0 Å². The number of rotatable bonds is 3. The number of ether oxygens (including phenoxy) is 1. The van der Waals surface area contributed by atoms with Crippen LogP contribution in [0.25, 0.3) is 0 Å². The van der Waals surface area contributed by atoms with Crippen LogP contribution in [0, 0.1) is 5.92 Å². The lowest BCUT2D eigenvalue weighted by molar-refractivity contribution is -0.140. The van der Waals surface area contributed by atoms with Crippen LogP contribution < -0.4 is 5.73 Å². The van der Waals surface area contributed by atoms with Crippen molar-refractivity contribution in [1.82, 2.24) is 4.90 Å². The van der Waals surface area contributed by atoms with Crippen molar-refractivity contribution in [2.45, 2.75) is 50.6 Å². The monoisotopic (exact) mass is 240 g/mol. The average molecular weight is 240 g/mol. The lowest BCUT2D eigenvalue weighted by Crippen LogP contribution is -2.55. The van der Waals surface area contributed by atoms with Crippen molar-refractivity contribution in [2.24, 2.45) is 11.7 Å². The fourth-order valence-electron chi connectivity index (χ4n) is 3.36. The van der Waals surface area contributed by atoms with Crippen molar-refractivity contribution in [1.29, 1.82) is 0 Å². The van der Waals surface area contributed by atoms with Crippen LogP contribution in [0.1, 0.15) is 38.5 Å². The Hall–Kier alpha value is -0.610. The minimum atomic E-state index is -0.485. The van der Waals surface area contributed by atoms with Gasteiger partial charge >= 0.3 is 0 Å². The van der Waals surface area contributed by atoms with Gasteiger partial charge in [0.25, 0.3) is 0 Å². The van der Waals surface area contributed by atoms with Gasteiger partial charge in [-0.25, -0.2) is 0 Å². The summed E-state index contributed by atoms with van der Waals surface area (Å²) in [5, 5.41) is 0. The van der Waals surface area contributed by atoms with E-state index < -0.39 is 6.04 Å². The average Bonchev–Trinajstić information content (AvgIpc) is 2.37. The Morgan fingerprint density at radius 1 is 1.35 bits per heavy atom. The quantitative estimate of drug-likeness (QED) is 0.805. The molecule has 2 fully saturated rings. The molecule has 2 rings (SSSR count). The van der Waals surface area contributed by atoms with E-state index in [-0.39, 0.29) is 5.91 Å². The van der Waals surface area contributed by atoms with Gasteiger partial charge in [-0.3, -0.25) is 4.79 Å². The first-order valence-corrected chi connectivity index (χ1v) is 6.79. The summed E-state index contributed by atoms with van der Waals surface area (Å²) in [7, 11) is 1.59. The molecule has 1 heterocycles. The number of nitrogens with zero attached hydrogens (tertiary/aromatic N) is 1. The van der Waals surface area contributed by atoms with E-state index in [9.17, 15) is 4.79 Å². The summed E-state index contributed by atoms with van der Waals surface area (Å²) >= 11 is 0. The Balaban J connectivity index is 2.00. The minimum Gasteiger partial charge on any atom is -0.383 e. The molecule has 17 heavy (non-hydrogen) atoms. The van der Waals surface area contributed by atoms with Gasteiger partial charge in [0, 0.05) is 19.7 Å². The van der Waals surface area contributed by atoms with Crippen molar-refractivity contribution in [2.75, 3.05) is 20.3 Å². The third-order valence-electron chi connectivity index (χ3n) is 4.19. The number of hydrogen-bond donors (Lipinski definition) is 1. The molecule has 1 aliphatic heterocycles. The van der Waals surface area contributed by atoms with Crippen LogP contribution in [0.3, 0.4) is 0 Å². The Labute approximate surface area is 103 Å². The zero-order valence-electron chi connectivity index (χ0n) is 10.7. The fraction of sp³-hybridized carbons (Fsp3) is 0.923. The number of hydrogen-bond acceptors (Lipinski definition) is 3. The molecule has 1 aliphatic carbocycles. The minimum absolute atomic E-state index is 0.0865. The zero-order valence-corrected chi connectivity index (χ0v) is 10.7. The summed E-state index contributed by atoms with van der Waals surface area (Å²) < 4.78 is 4.98. The molecule has 0 bridgehead atoms. The standard InChI is InChI=1S/C13H24N2O2/c1-17-9-11(14)13(16)15-8-4-6-10-5-2-3-7-12(10)15/h10-12H,2-9,14H2,1H3/t10-,11?,12-/m1/s1. The number of carbonyl (C=O) groups is 1. The van der Waals surface area contributed by atoms with Crippen LogP contribution in [0.4, 0.5) is 0 Å². The molecule has 2 N–H and O–H groups in total. The first kappa shape index (κ1) is 12.8. The van der Waals surface area contributed by atoms with Gasteiger partial charge in [0.05, 0.1) is 6.61 Å². The number of nitrogens with two attached hydrogens (primary N) is 1. The molecular weight excluding hydrogens is 216 g/mol. The first-order chi connectivity index (χ1) is 8.24. The number of carbonyl (C=O) groups excluding carboxylic acids is 1. The summed E-state index contributed by atoms with van der Waals surface area (Å²) in [4.78, 5) is 14.3. The molecule has 2 aliphatic rings. The summed E-state index contributed by atoms with van der Waals surface area (Å²) in [5.74, 6) is 0.805. The summed E-state index contributed by atoms with van der Waals surface area (Å²) in [6.07, 6.45) is 7.45. The lowest BCUT2D eigenvalue weighted by Gasteiger charge is -2.44. The molecule has 1 saturated heterocycles. The number of amides is 1. The van der Waals surface area contributed by atoms with Gasteiger partial charge < -0.3 is 15.4 Å². The SMILES string of the molecule is COCC(N)C(=O)N1CCC[C@H]2CCCC[C@H]21. The Morgan fingerprint density at radius 2 is 2.06 bits per heavy atom. The van der Waals surface area contributed by atoms with E-state index in [0.29, 0.717) is 12.6 Å². The van der Waals surface area contributed by atoms with Gasteiger partial charge in [-0.15, -0.1) is 0 Å². The highest BCUT2D eigenvalue weighted by Crippen LogP contribution is 2.35. The number of likely N-dealkylation sites (tertiary alicyclic amines) is 1. The molecule has 0 aromatic rings. The molecular formula is C13H24N2O2. The summed E-state index contributed by atoms with van der Waals surface area (Å²) in [6.45, 7) is 1.21. The van der Waals surface area contributed by atoms with Crippen molar-refractivity contribution in [3.63, 3.8) is 0 Å². The maximum atomic E-state index is 12.3. The molecule has 0 aromatic carbocycles. The highest BCUT2D eigenvalue weighted by molar-refractivity contribution is 5.82. The molecule has 1 saturated carbocycles. The van der Waals surface area contributed by atoms with E-state index in [2.05, 4.69) is 0 Å². The Morgan fingerprint density at radius 3 is 2.82 bits per heavy atom. The van der Waals surface area contributed by atoms with E-state index >= 15 is 0 Å². The topological polar surface area (TPSA) is 55.6 Å². The van der Waals surface area contributed by atoms with E-state index in [0.717, 1.165) is 25.3 Å². The van der Waals surface area contributed by atoms with Crippen molar-refractivity contribution in [3.8, 4) is 0 Å². The van der Waals surface area contributed by atoms with Gasteiger partial charge in [-0.1, -0.05) is 12.8 Å². The van der Waals surface area contributed by atoms with E-state index in [4.69, 9.17) is 10.5 Å². The van der Waals surface area contributed by atoms with Gasteiger partial charge in [0.1, 0.15) is 6.04 Å². The van der Waals surface area contributed by atoms with E-state index in [1.54, 1.807) is 7.11 Å². The molecule has 4 heteroatoms. The second kappa shape index (κ2) is 5.83. The van der Waals surface area contributed by atoms with Gasteiger partial charge in [-0.2, -0.15) is 0 Å². The third-order valence-corrected chi connectivity index (χ3v) is 4.19. The predicted molar refractivity (Wildman–Crippen MR) is 66.5 cm³/mol. The van der Waals surface area contributed by atoms with Crippen molar-refractivity contribution < 1.29 is 9.53 Å². The van der Waals surface area contributed by atoms with Crippen molar-refractivity contribution in [3.05, 3.63) is 0 Å². The van der Waals surface area contributed by atoms with E-state index in [1.165, 1.54) is 25.7 Å². The molecule has 1 unspecified atom stereocenters. The fourth-order valence-corrected chi connectivity index (χ4v) is 3.36. The number of methoxy groups -OCH3 is 1. The zero-order chi connectivity index (χ0) is 12.3. The van der Waals surface area contributed by atoms with E-state index in [1.807, 2.05) is 4.90 Å². The maximum Gasteiger partial charge on any atom is 0.242 e. The second-order valence-corrected chi connectivity index (χ2v) is 5.35. The molecule has 3 atom stereocenters. The molecule has 0 aromatic heterocycles. The largest absolute Gasteiger partial charge is 0.383 e. The number of fused-ring (bicyclic) bond motifs is 1. The van der Waals surface area contributed by atoms with Gasteiger partial charge in [0.15, 0.2) is 0 Å².